The molecule has 1 heterocycles. The van der Waals surface area contributed by atoms with Crippen molar-refractivity contribution in [2.75, 3.05) is 4.90 Å². The van der Waals surface area contributed by atoms with Crippen molar-refractivity contribution in [3.63, 3.8) is 0 Å². The minimum atomic E-state index is 0.907. The Hall–Kier alpha value is -7.68. The molecule has 0 aliphatic rings. The van der Waals surface area contributed by atoms with E-state index in [9.17, 15) is 0 Å². The molecule has 0 aliphatic carbocycles. The molecule has 0 fully saturated rings. The lowest BCUT2D eigenvalue weighted by molar-refractivity contribution is 0.669. The zero-order valence-electron chi connectivity index (χ0n) is 31.7. The summed E-state index contributed by atoms with van der Waals surface area (Å²) in [5.41, 5.74) is 14.5. The highest BCUT2D eigenvalue weighted by Crippen LogP contribution is 2.45. The largest absolute Gasteiger partial charge is 0.456 e. The molecule has 0 radical (unpaired) electrons. The molecule has 11 rings (SSSR count). The molecule has 0 N–H and O–H groups in total. The van der Waals surface area contributed by atoms with Gasteiger partial charge in [0.2, 0.25) is 0 Å². The Bertz CT molecular complexity index is 3270. The van der Waals surface area contributed by atoms with Crippen molar-refractivity contribution >= 4 is 60.5 Å². The summed E-state index contributed by atoms with van der Waals surface area (Å²) in [6.45, 7) is 0. The second-order valence-corrected chi connectivity index (χ2v) is 14.9. The first-order valence-electron chi connectivity index (χ1n) is 19.8. The summed E-state index contributed by atoms with van der Waals surface area (Å²) in [6.07, 6.45) is 0. The molecule has 2 nitrogen and oxygen atoms in total. The summed E-state index contributed by atoms with van der Waals surface area (Å²) in [6, 6.07) is 80.9. The minimum Gasteiger partial charge on any atom is -0.456 e. The van der Waals surface area contributed by atoms with Crippen molar-refractivity contribution in [3.05, 3.63) is 224 Å². The van der Waals surface area contributed by atoms with E-state index < -0.39 is 0 Å². The van der Waals surface area contributed by atoms with Crippen LogP contribution in [0, 0.1) is 0 Å². The molecular formula is C56H37NO. The Kier molecular flexibility index (Phi) is 8.19. The van der Waals surface area contributed by atoms with Gasteiger partial charge in [0.05, 0.1) is 0 Å². The number of hydrogen-bond donors (Lipinski definition) is 0. The first-order valence-corrected chi connectivity index (χ1v) is 19.8. The highest BCUT2D eigenvalue weighted by Gasteiger charge is 2.20. The van der Waals surface area contributed by atoms with Crippen LogP contribution in [-0.4, -0.2) is 0 Å². The third-order valence-electron chi connectivity index (χ3n) is 11.4. The molecule has 0 spiro atoms. The van der Waals surface area contributed by atoms with Crippen molar-refractivity contribution in [3.8, 4) is 44.5 Å². The van der Waals surface area contributed by atoms with E-state index in [1.54, 1.807) is 0 Å². The average molecular weight is 740 g/mol. The van der Waals surface area contributed by atoms with Crippen LogP contribution in [0.4, 0.5) is 17.1 Å². The van der Waals surface area contributed by atoms with Gasteiger partial charge in [-0.3, -0.25) is 0 Å². The number of fused-ring (bicyclic) bond motifs is 6. The van der Waals surface area contributed by atoms with Crippen LogP contribution in [0.3, 0.4) is 0 Å². The molecule has 58 heavy (non-hydrogen) atoms. The molecule has 272 valence electrons. The Labute approximate surface area is 337 Å². The van der Waals surface area contributed by atoms with Gasteiger partial charge in [0, 0.05) is 27.8 Å². The highest BCUT2D eigenvalue weighted by atomic mass is 16.3. The van der Waals surface area contributed by atoms with Gasteiger partial charge < -0.3 is 9.32 Å². The van der Waals surface area contributed by atoms with Gasteiger partial charge >= 0.3 is 0 Å². The highest BCUT2D eigenvalue weighted by molar-refractivity contribution is 6.19. The molecule has 10 aromatic carbocycles. The molecule has 0 bridgehead atoms. The summed E-state index contributed by atoms with van der Waals surface area (Å²) in [5, 5.41) is 7.13. The van der Waals surface area contributed by atoms with Crippen LogP contribution in [0.5, 0.6) is 0 Å². The fourth-order valence-electron chi connectivity index (χ4n) is 8.65. The molecule has 0 aliphatic heterocycles. The molecule has 11 aromatic rings. The molecule has 0 amide bonds. The molecule has 0 saturated carbocycles. The van der Waals surface area contributed by atoms with Gasteiger partial charge in [0.15, 0.2) is 0 Å². The van der Waals surface area contributed by atoms with Gasteiger partial charge in [-0.15, -0.1) is 0 Å². The van der Waals surface area contributed by atoms with Crippen LogP contribution in [0.2, 0.25) is 0 Å². The number of rotatable bonds is 7. The topological polar surface area (TPSA) is 16.4 Å². The van der Waals surface area contributed by atoms with Crippen molar-refractivity contribution in [2.45, 2.75) is 0 Å². The first kappa shape index (κ1) is 33.6. The maximum atomic E-state index is 6.31. The lowest BCUT2D eigenvalue weighted by Gasteiger charge is -2.28. The van der Waals surface area contributed by atoms with E-state index in [0.29, 0.717) is 0 Å². The van der Waals surface area contributed by atoms with E-state index in [0.717, 1.165) is 50.1 Å². The van der Waals surface area contributed by atoms with E-state index in [4.69, 9.17) is 4.42 Å². The quantitative estimate of drug-likeness (QED) is 0.162. The Balaban J connectivity index is 1.11. The number of furan rings is 1. The first-order chi connectivity index (χ1) is 28.7. The summed E-state index contributed by atoms with van der Waals surface area (Å²) >= 11 is 0. The maximum Gasteiger partial charge on any atom is 0.136 e. The van der Waals surface area contributed by atoms with Gasteiger partial charge in [-0.25, -0.2) is 0 Å². The number of nitrogens with zero attached hydrogens (tertiary/aromatic N) is 1. The Morgan fingerprint density at radius 3 is 1.53 bits per heavy atom. The fraction of sp³-hybridized carbons (Fsp3) is 0. The number of anilines is 3. The predicted octanol–water partition coefficient (Wildman–Crippen LogP) is 16.0. The SMILES string of the molecule is c1ccc(-c2ccc(N(c3ccccc3)c3ccc(-c4ccc5ccc6oc7ccccc7c6c5c4)c(-c4ccccc4)c3)cc2-c2ccc3ccccc3c2)cc1. The van der Waals surface area contributed by atoms with Gasteiger partial charge in [-0.05, 0) is 127 Å². The lowest BCUT2D eigenvalue weighted by Crippen LogP contribution is -2.10. The zero-order valence-corrected chi connectivity index (χ0v) is 31.7. The van der Waals surface area contributed by atoms with Crippen LogP contribution in [0.1, 0.15) is 0 Å². The summed E-state index contributed by atoms with van der Waals surface area (Å²) in [7, 11) is 0. The maximum absolute atomic E-state index is 6.31. The predicted molar refractivity (Wildman–Crippen MR) is 245 cm³/mol. The van der Waals surface area contributed by atoms with E-state index >= 15 is 0 Å². The Morgan fingerprint density at radius 2 is 0.810 bits per heavy atom. The third-order valence-corrected chi connectivity index (χ3v) is 11.4. The summed E-state index contributed by atoms with van der Waals surface area (Å²) in [5.74, 6) is 0. The zero-order chi connectivity index (χ0) is 38.4. The van der Waals surface area contributed by atoms with Crippen LogP contribution < -0.4 is 4.90 Å². The smallest absolute Gasteiger partial charge is 0.136 e. The molecule has 1 aromatic heterocycles. The number of hydrogen-bond acceptors (Lipinski definition) is 2. The van der Waals surface area contributed by atoms with Crippen molar-refractivity contribution in [1.82, 2.24) is 0 Å². The van der Waals surface area contributed by atoms with Gasteiger partial charge in [0.1, 0.15) is 11.2 Å². The monoisotopic (exact) mass is 739 g/mol. The minimum absolute atomic E-state index is 0.907. The standard InChI is InChI=1S/C56H37NO/c1-4-15-39(16-5-1)48-31-29-47(37-52(48)43-26-24-38-14-10-11-19-42(38)34-43)57(45-20-8-3-9-21-45)46-30-32-49(51(36-46)40-17-6-2-7-18-40)44-27-25-41-28-33-55-56(53(41)35-44)50-22-12-13-23-54(50)58-55/h1-37H. The molecule has 0 atom stereocenters. The molecule has 0 saturated heterocycles. The second-order valence-electron chi connectivity index (χ2n) is 14.9. The second kappa shape index (κ2) is 14.1. The van der Waals surface area contributed by atoms with Crippen LogP contribution in [-0.2, 0) is 0 Å². The average Bonchev–Trinajstić information content (AvgIpc) is 3.69. The van der Waals surface area contributed by atoms with Crippen molar-refractivity contribution in [2.24, 2.45) is 0 Å². The van der Waals surface area contributed by atoms with Crippen molar-refractivity contribution < 1.29 is 4.42 Å². The normalized spacial score (nSPS) is 11.4. The van der Waals surface area contributed by atoms with E-state index in [1.807, 2.05) is 6.07 Å². The van der Waals surface area contributed by atoms with Crippen molar-refractivity contribution in [1.29, 1.82) is 0 Å². The van der Waals surface area contributed by atoms with Gasteiger partial charge in [-0.1, -0.05) is 164 Å². The van der Waals surface area contributed by atoms with Crippen LogP contribution in [0.25, 0.3) is 88.0 Å². The van der Waals surface area contributed by atoms with Gasteiger partial charge in [0.25, 0.3) is 0 Å². The fourth-order valence-corrected chi connectivity index (χ4v) is 8.65. The third kappa shape index (κ3) is 5.91. The van der Waals surface area contributed by atoms with E-state index in [-0.39, 0.29) is 0 Å². The van der Waals surface area contributed by atoms with E-state index in [2.05, 4.69) is 223 Å². The summed E-state index contributed by atoms with van der Waals surface area (Å²) in [4.78, 5) is 2.39. The van der Waals surface area contributed by atoms with Gasteiger partial charge in [-0.2, -0.15) is 0 Å². The lowest BCUT2D eigenvalue weighted by atomic mass is 9.91. The summed E-state index contributed by atoms with van der Waals surface area (Å²) < 4.78 is 6.31. The van der Waals surface area contributed by atoms with Crippen LogP contribution >= 0.6 is 0 Å². The van der Waals surface area contributed by atoms with Crippen LogP contribution in [0.15, 0.2) is 229 Å². The number of para-hydroxylation sites is 2. The molecular weight excluding hydrogens is 703 g/mol. The number of benzene rings is 10. The van der Waals surface area contributed by atoms with E-state index in [1.165, 1.54) is 54.9 Å². The molecule has 0 unspecified atom stereocenters. The molecule has 2 heteroatoms. The Morgan fingerprint density at radius 1 is 0.276 bits per heavy atom.